The van der Waals surface area contributed by atoms with Gasteiger partial charge in [-0.05, 0) is 23.3 Å². The van der Waals surface area contributed by atoms with Crippen molar-refractivity contribution in [2.24, 2.45) is 0 Å². The average molecular weight is 176 g/mol. The number of pyridine rings is 1. The van der Waals surface area contributed by atoms with Crippen molar-refractivity contribution in [2.75, 3.05) is 6.26 Å². The Hall–Kier alpha value is -0.250. The van der Waals surface area contributed by atoms with E-state index in [1.807, 2.05) is 0 Å². The minimum Gasteiger partial charge on any atom is -0.612 e. The first-order valence-electron chi connectivity index (χ1n) is 2.65. The third-order valence-electron chi connectivity index (χ3n) is 1.03. The summed E-state index contributed by atoms with van der Waals surface area (Å²) in [5.74, 6) is 0. The normalized spacial score (nSPS) is 13.1. The molecule has 4 heteroatoms. The van der Waals surface area contributed by atoms with Crippen molar-refractivity contribution in [1.82, 2.24) is 4.98 Å². The molecule has 0 aliphatic carbocycles. The smallest absolute Gasteiger partial charge is 0.170 e. The zero-order valence-corrected chi connectivity index (χ0v) is 6.95. The fourth-order valence-electron chi connectivity index (χ4n) is 0.532. The van der Waals surface area contributed by atoms with E-state index in [0.29, 0.717) is 10.0 Å². The van der Waals surface area contributed by atoms with Crippen LogP contribution in [0.4, 0.5) is 0 Å². The van der Waals surface area contributed by atoms with Crippen molar-refractivity contribution in [3.63, 3.8) is 0 Å². The first-order chi connectivity index (χ1) is 4.70. The molecule has 0 aliphatic rings. The molecule has 0 saturated heterocycles. The van der Waals surface area contributed by atoms with Crippen LogP contribution in [-0.2, 0) is 11.2 Å². The zero-order chi connectivity index (χ0) is 7.56. The predicted molar refractivity (Wildman–Crippen MR) is 41.6 cm³/mol. The van der Waals surface area contributed by atoms with E-state index >= 15 is 0 Å². The predicted octanol–water partition coefficient (Wildman–Crippen LogP) is 1.47. The molecule has 1 aromatic rings. The summed E-state index contributed by atoms with van der Waals surface area (Å²) in [5, 5.41) is 0.425. The van der Waals surface area contributed by atoms with Gasteiger partial charge in [0.2, 0.25) is 0 Å². The molecule has 0 aliphatic heterocycles. The quantitative estimate of drug-likeness (QED) is 0.479. The number of nitrogens with zero attached hydrogens (tertiary/aromatic N) is 1. The zero-order valence-electron chi connectivity index (χ0n) is 5.37. The second-order valence-electron chi connectivity index (χ2n) is 1.77. The van der Waals surface area contributed by atoms with Gasteiger partial charge in [-0.25, -0.2) is 4.98 Å². The standard InChI is InChI=1S/C6H6ClNOS/c1-10(9)5-2-3-6(7)8-4-5/h2-4H,1H3. The molecule has 1 rings (SSSR count). The van der Waals surface area contributed by atoms with Gasteiger partial charge in [0.15, 0.2) is 4.90 Å². The largest absolute Gasteiger partial charge is 0.612 e. The second-order valence-corrected chi connectivity index (χ2v) is 3.54. The Balaban J connectivity index is 2.89. The van der Waals surface area contributed by atoms with Crippen molar-refractivity contribution in [2.45, 2.75) is 4.90 Å². The molecule has 10 heavy (non-hydrogen) atoms. The van der Waals surface area contributed by atoms with Crippen LogP contribution in [0.3, 0.4) is 0 Å². The third kappa shape index (κ3) is 1.87. The highest BCUT2D eigenvalue weighted by molar-refractivity contribution is 7.90. The Morgan fingerprint density at radius 3 is 2.70 bits per heavy atom. The van der Waals surface area contributed by atoms with Crippen molar-refractivity contribution in [1.29, 1.82) is 0 Å². The highest BCUT2D eigenvalue weighted by Crippen LogP contribution is 2.09. The molecule has 0 fully saturated rings. The van der Waals surface area contributed by atoms with E-state index in [1.165, 1.54) is 6.20 Å². The molecule has 54 valence electrons. The van der Waals surface area contributed by atoms with Gasteiger partial charge in [0.25, 0.3) is 0 Å². The van der Waals surface area contributed by atoms with Crippen LogP contribution in [0.1, 0.15) is 0 Å². The van der Waals surface area contributed by atoms with Gasteiger partial charge in [-0.3, -0.25) is 0 Å². The highest BCUT2D eigenvalue weighted by atomic mass is 35.5. The molecular weight excluding hydrogens is 170 g/mol. The number of aromatic nitrogens is 1. The van der Waals surface area contributed by atoms with E-state index in [-0.39, 0.29) is 0 Å². The number of hydrogen-bond acceptors (Lipinski definition) is 2. The lowest BCUT2D eigenvalue weighted by Gasteiger charge is -2.01. The summed E-state index contributed by atoms with van der Waals surface area (Å²) in [5.41, 5.74) is 0. The van der Waals surface area contributed by atoms with Gasteiger partial charge in [0.1, 0.15) is 11.4 Å². The van der Waals surface area contributed by atoms with E-state index in [4.69, 9.17) is 11.6 Å². The summed E-state index contributed by atoms with van der Waals surface area (Å²) in [4.78, 5) is 4.47. The SMILES string of the molecule is C[S+]([O-])c1ccc(Cl)nc1. The maximum atomic E-state index is 10.8. The summed E-state index contributed by atoms with van der Waals surface area (Å²) in [6, 6.07) is 3.32. The van der Waals surface area contributed by atoms with Crippen LogP contribution >= 0.6 is 11.6 Å². The molecule has 0 aromatic carbocycles. The first kappa shape index (κ1) is 7.85. The summed E-state index contributed by atoms with van der Waals surface area (Å²) in [6.07, 6.45) is 3.11. The Labute approximate surface area is 67.4 Å². The van der Waals surface area contributed by atoms with Gasteiger partial charge in [-0.15, -0.1) is 0 Å². The van der Waals surface area contributed by atoms with Crippen LogP contribution in [0.15, 0.2) is 23.2 Å². The van der Waals surface area contributed by atoms with E-state index < -0.39 is 11.2 Å². The van der Waals surface area contributed by atoms with Crippen LogP contribution in [0.5, 0.6) is 0 Å². The second kappa shape index (κ2) is 3.23. The maximum Gasteiger partial charge on any atom is 0.170 e. The summed E-state index contributed by atoms with van der Waals surface area (Å²) in [6.45, 7) is 0. The minimum absolute atomic E-state index is 0.425. The molecule has 0 amide bonds. The fraction of sp³-hybridized carbons (Fsp3) is 0.167. The lowest BCUT2D eigenvalue weighted by molar-refractivity contribution is 0.600. The van der Waals surface area contributed by atoms with Crippen molar-refractivity contribution in [3.05, 3.63) is 23.5 Å². The molecule has 1 heterocycles. The topological polar surface area (TPSA) is 36.0 Å². The molecule has 1 atom stereocenters. The van der Waals surface area contributed by atoms with Gasteiger partial charge in [-0.2, -0.15) is 0 Å². The minimum atomic E-state index is -0.958. The maximum absolute atomic E-state index is 10.8. The molecule has 0 bridgehead atoms. The van der Waals surface area contributed by atoms with E-state index in [9.17, 15) is 4.55 Å². The Morgan fingerprint density at radius 1 is 1.60 bits per heavy atom. The van der Waals surface area contributed by atoms with Crippen molar-refractivity contribution >= 4 is 22.8 Å². The molecule has 0 radical (unpaired) electrons. The Kier molecular flexibility index (Phi) is 2.54. The van der Waals surface area contributed by atoms with Gasteiger partial charge >= 0.3 is 0 Å². The lowest BCUT2D eigenvalue weighted by Crippen LogP contribution is -1.96. The average Bonchev–Trinajstić information content (AvgIpc) is 1.88. The van der Waals surface area contributed by atoms with Gasteiger partial charge < -0.3 is 4.55 Å². The van der Waals surface area contributed by atoms with Gasteiger partial charge in [-0.1, -0.05) is 11.6 Å². The molecule has 1 unspecified atom stereocenters. The first-order valence-corrected chi connectivity index (χ1v) is 4.59. The van der Waals surface area contributed by atoms with E-state index in [1.54, 1.807) is 18.4 Å². The Bertz CT molecular complexity index is 211. The molecular formula is C6H6ClNOS. The number of hydrogen-bond donors (Lipinski definition) is 0. The molecule has 1 aromatic heterocycles. The van der Waals surface area contributed by atoms with E-state index in [0.717, 1.165) is 0 Å². The molecule has 0 spiro atoms. The fourth-order valence-corrected chi connectivity index (χ4v) is 1.10. The van der Waals surface area contributed by atoms with Crippen LogP contribution < -0.4 is 0 Å². The van der Waals surface area contributed by atoms with E-state index in [2.05, 4.69) is 4.98 Å². The van der Waals surface area contributed by atoms with Crippen molar-refractivity contribution < 1.29 is 4.55 Å². The van der Waals surface area contributed by atoms with Crippen molar-refractivity contribution in [3.8, 4) is 0 Å². The lowest BCUT2D eigenvalue weighted by atomic mass is 10.5. The third-order valence-corrected chi connectivity index (χ3v) is 2.16. The summed E-state index contributed by atoms with van der Waals surface area (Å²) < 4.78 is 10.8. The van der Waals surface area contributed by atoms with Gasteiger partial charge in [0, 0.05) is 0 Å². The monoisotopic (exact) mass is 175 g/mol. The van der Waals surface area contributed by atoms with Gasteiger partial charge in [0.05, 0.1) is 6.20 Å². The van der Waals surface area contributed by atoms with Crippen LogP contribution in [0.25, 0.3) is 0 Å². The van der Waals surface area contributed by atoms with Crippen LogP contribution in [0, 0.1) is 0 Å². The molecule has 0 N–H and O–H groups in total. The molecule has 2 nitrogen and oxygen atoms in total. The Morgan fingerprint density at radius 2 is 2.30 bits per heavy atom. The number of halogens is 1. The number of rotatable bonds is 1. The summed E-state index contributed by atoms with van der Waals surface area (Å²) in [7, 11) is 0. The molecule has 0 saturated carbocycles. The highest BCUT2D eigenvalue weighted by Gasteiger charge is 2.02. The van der Waals surface area contributed by atoms with Crippen LogP contribution in [-0.4, -0.2) is 15.8 Å². The summed E-state index contributed by atoms with van der Waals surface area (Å²) >= 11 is 4.55. The van der Waals surface area contributed by atoms with Crippen LogP contribution in [0.2, 0.25) is 5.15 Å².